The third-order valence-electron chi connectivity index (χ3n) is 10.0. The van der Waals surface area contributed by atoms with Crippen LogP contribution in [0.4, 0.5) is 0 Å². The van der Waals surface area contributed by atoms with Crippen LogP contribution in [0.25, 0.3) is 22.5 Å². The van der Waals surface area contributed by atoms with E-state index in [2.05, 4.69) is 131 Å². The topological polar surface area (TPSA) is 111 Å². The van der Waals surface area contributed by atoms with Gasteiger partial charge in [-0.25, -0.2) is 9.67 Å². The van der Waals surface area contributed by atoms with E-state index >= 15 is 0 Å². The number of hydrogen-bond donors (Lipinski definition) is 2. The highest BCUT2D eigenvalue weighted by molar-refractivity contribution is 5.81. The van der Waals surface area contributed by atoms with Crippen LogP contribution in [0.1, 0.15) is 58.9 Å². The third kappa shape index (κ3) is 5.78. The molecule has 9 heteroatoms. The predicted molar refractivity (Wildman–Crippen MR) is 201 cm³/mol. The maximum atomic E-state index is 12.2. The fraction of sp³-hybridized carbons (Fsp3) is 0.186. The van der Waals surface area contributed by atoms with Gasteiger partial charge in [0.25, 0.3) is 0 Å². The number of carboxylic acid groups (broad SMARTS) is 1. The van der Waals surface area contributed by atoms with Crippen molar-refractivity contribution in [2.75, 3.05) is 6.54 Å². The standard InChI is InChI=1S/C43H39N7O2/c1-2-14-38-45-37-27-28-44-39(42(51)52)40(37)49(38)29-30-23-25-31(26-24-30)35-21-12-13-22-36(35)41-46-47-48-50(41)43(32-15-6-3-7-16-32,33-17-8-4-9-18-33)34-19-10-5-11-20-34/h3-13,15-26,39,44H,2,14,27-29H2,1H3,(H,51,52). The van der Waals surface area contributed by atoms with Crippen molar-refractivity contribution in [1.29, 1.82) is 0 Å². The average molecular weight is 686 g/mol. The summed E-state index contributed by atoms with van der Waals surface area (Å²) < 4.78 is 4.07. The summed E-state index contributed by atoms with van der Waals surface area (Å²) >= 11 is 0. The van der Waals surface area contributed by atoms with Crippen molar-refractivity contribution in [2.45, 2.75) is 44.3 Å². The first-order valence-electron chi connectivity index (χ1n) is 17.8. The van der Waals surface area contributed by atoms with Gasteiger partial charge >= 0.3 is 5.97 Å². The molecule has 5 aromatic carbocycles. The number of nitrogens with one attached hydrogen (secondary N) is 1. The summed E-state index contributed by atoms with van der Waals surface area (Å²) in [7, 11) is 0. The molecule has 0 fully saturated rings. The van der Waals surface area contributed by atoms with Crippen LogP contribution in [0.3, 0.4) is 0 Å². The largest absolute Gasteiger partial charge is 0.480 e. The number of nitrogens with zero attached hydrogens (tertiary/aromatic N) is 6. The highest BCUT2D eigenvalue weighted by Gasteiger charge is 2.42. The Morgan fingerprint density at radius 1 is 0.788 bits per heavy atom. The summed E-state index contributed by atoms with van der Waals surface area (Å²) in [6.45, 7) is 3.27. The van der Waals surface area contributed by atoms with E-state index in [0.717, 1.165) is 75.4 Å². The Morgan fingerprint density at radius 2 is 1.37 bits per heavy atom. The molecule has 3 heterocycles. The molecule has 0 amide bonds. The normalized spacial score (nSPS) is 14.2. The van der Waals surface area contributed by atoms with Gasteiger partial charge in [-0.15, -0.1) is 5.10 Å². The minimum Gasteiger partial charge on any atom is -0.480 e. The second kappa shape index (κ2) is 14.2. The minimum absolute atomic E-state index is 0.539. The van der Waals surface area contributed by atoms with Gasteiger partial charge in [-0.05, 0) is 50.2 Å². The molecule has 1 aliphatic rings. The van der Waals surface area contributed by atoms with Gasteiger partial charge in [0.15, 0.2) is 5.82 Å². The van der Waals surface area contributed by atoms with Crippen molar-refractivity contribution in [2.24, 2.45) is 0 Å². The average Bonchev–Trinajstić information content (AvgIpc) is 3.82. The van der Waals surface area contributed by atoms with E-state index in [4.69, 9.17) is 15.3 Å². The smallest absolute Gasteiger partial charge is 0.326 e. The van der Waals surface area contributed by atoms with E-state index in [9.17, 15) is 9.90 Å². The molecule has 1 unspecified atom stereocenters. The number of benzene rings is 5. The number of tetrazole rings is 1. The van der Waals surface area contributed by atoms with Gasteiger partial charge in [0.1, 0.15) is 17.4 Å². The Morgan fingerprint density at radius 3 is 1.94 bits per heavy atom. The van der Waals surface area contributed by atoms with Gasteiger partial charge in [0.05, 0.1) is 11.4 Å². The maximum absolute atomic E-state index is 12.2. The van der Waals surface area contributed by atoms with Crippen LogP contribution in [-0.4, -0.2) is 47.4 Å². The third-order valence-corrected chi connectivity index (χ3v) is 10.0. The molecule has 0 saturated carbocycles. The Hall–Kier alpha value is -6.19. The molecule has 2 aromatic heterocycles. The SMILES string of the molecule is CCCc1nc2c(n1Cc1ccc(-c3ccccc3-c3nnnn3C(c3ccccc3)(c3ccccc3)c3ccccc3)cc1)C(C(=O)O)NCC2. The first-order valence-corrected chi connectivity index (χ1v) is 17.8. The molecule has 0 spiro atoms. The molecular weight excluding hydrogens is 647 g/mol. The Labute approximate surface area is 302 Å². The van der Waals surface area contributed by atoms with E-state index in [1.807, 2.05) is 35.0 Å². The number of imidazole rings is 1. The lowest BCUT2D eigenvalue weighted by Crippen LogP contribution is -2.39. The Bertz CT molecular complexity index is 2200. The first-order chi connectivity index (χ1) is 25.6. The van der Waals surface area contributed by atoms with Gasteiger partial charge < -0.3 is 9.67 Å². The van der Waals surface area contributed by atoms with E-state index < -0.39 is 17.6 Å². The fourth-order valence-corrected chi connectivity index (χ4v) is 7.69. The summed E-state index contributed by atoms with van der Waals surface area (Å²) in [4.78, 5) is 17.1. The molecular formula is C43H39N7O2. The van der Waals surface area contributed by atoms with Crippen molar-refractivity contribution in [3.8, 4) is 22.5 Å². The lowest BCUT2D eigenvalue weighted by molar-refractivity contribution is -0.140. The van der Waals surface area contributed by atoms with E-state index in [-0.39, 0.29) is 0 Å². The van der Waals surface area contributed by atoms with Crippen molar-refractivity contribution >= 4 is 5.97 Å². The maximum Gasteiger partial charge on any atom is 0.326 e. The van der Waals surface area contributed by atoms with E-state index in [1.165, 1.54) is 0 Å². The lowest BCUT2D eigenvalue weighted by Gasteiger charge is -2.36. The Kier molecular flexibility index (Phi) is 9.01. The predicted octanol–water partition coefficient (Wildman–Crippen LogP) is 7.32. The fourth-order valence-electron chi connectivity index (χ4n) is 7.69. The van der Waals surface area contributed by atoms with Crippen LogP contribution in [0.2, 0.25) is 0 Å². The molecule has 0 saturated heterocycles. The zero-order valence-corrected chi connectivity index (χ0v) is 28.9. The molecule has 52 heavy (non-hydrogen) atoms. The first kappa shape index (κ1) is 33.0. The zero-order valence-electron chi connectivity index (χ0n) is 28.9. The van der Waals surface area contributed by atoms with Crippen LogP contribution in [-0.2, 0) is 29.7 Å². The Balaban J connectivity index is 1.22. The van der Waals surface area contributed by atoms with Crippen LogP contribution in [0.5, 0.6) is 0 Å². The van der Waals surface area contributed by atoms with Crippen LogP contribution in [0.15, 0.2) is 140 Å². The molecule has 9 nitrogen and oxygen atoms in total. The number of aliphatic carboxylic acids is 1. The minimum atomic E-state index is -0.879. The molecule has 0 aliphatic carbocycles. The van der Waals surface area contributed by atoms with Crippen LogP contribution < -0.4 is 5.32 Å². The van der Waals surface area contributed by atoms with Gasteiger partial charge in [-0.3, -0.25) is 10.1 Å². The molecule has 258 valence electrons. The summed E-state index contributed by atoms with van der Waals surface area (Å²) in [5, 5.41) is 27.0. The van der Waals surface area contributed by atoms with E-state index in [0.29, 0.717) is 18.9 Å². The number of carboxylic acids is 1. The van der Waals surface area contributed by atoms with Gasteiger partial charge in [-0.1, -0.05) is 146 Å². The van der Waals surface area contributed by atoms with Crippen LogP contribution >= 0.6 is 0 Å². The molecule has 0 bridgehead atoms. The van der Waals surface area contributed by atoms with Crippen LogP contribution in [0, 0.1) is 0 Å². The van der Waals surface area contributed by atoms with Gasteiger partial charge in [0.2, 0.25) is 0 Å². The van der Waals surface area contributed by atoms with Crippen molar-refractivity contribution < 1.29 is 9.90 Å². The van der Waals surface area contributed by atoms with Crippen molar-refractivity contribution in [1.82, 2.24) is 35.1 Å². The second-order valence-corrected chi connectivity index (χ2v) is 13.1. The number of aryl methyl sites for hydroxylation is 1. The highest BCUT2D eigenvalue weighted by Crippen LogP contribution is 2.43. The van der Waals surface area contributed by atoms with Crippen molar-refractivity contribution in [3.05, 3.63) is 179 Å². The summed E-state index contributed by atoms with van der Waals surface area (Å²) in [6.07, 6.45) is 2.43. The molecule has 8 rings (SSSR count). The molecule has 2 N–H and O–H groups in total. The van der Waals surface area contributed by atoms with Gasteiger partial charge in [-0.2, -0.15) is 0 Å². The zero-order chi connectivity index (χ0) is 35.5. The number of rotatable bonds is 11. The number of hydrogen-bond acceptors (Lipinski definition) is 6. The quantitative estimate of drug-likeness (QED) is 0.137. The second-order valence-electron chi connectivity index (χ2n) is 13.1. The van der Waals surface area contributed by atoms with Crippen molar-refractivity contribution in [3.63, 3.8) is 0 Å². The molecule has 0 radical (unpaired) electrons. The summed E-state index contributed by atoms with van der Waals surface area (Å²) in [5.41, 5.74) is 7.86. The van der Waals surface area contributed by atoms with Gasteiger partial charge in [0, 0.05) is 31.5 Å². The highest BCUT2D eigenvalue weighted by atomic mass is 16.4. The lowest BCUT2D eigenvalue weighted by atomic mass is 9.77. The summed E-state index contributed by atoms with van der Waals surface area (Å²) in [5.74, 6) is 0.690. The van der Waals surface area contributed by atoms with E-state index in [1.54, 1.807) is 0 Å². The number of fused-ring (bicyclic) bond motifs is 1. The number of carbonyl (C=O) groups is 1. The molecule has 1 aliphatic heterocycles. The number of aromatic nitrogens is 6. The monoisotopic (exact) mass is 685 g/mol. The summed E-state index contributed by atoms with van der Waals surface area (Å²) in [6, 6.07) is 47.1. The molecule has 1 atom stereocenters. The molecule has 7 aromatic rings.